The van der Waals surface area contributed by atoms with Gasteiger partial charge >= 0.3 is 6.03 Å². The molecule has 1 aromatic carbocycles. The largest absolute Gasteiger partial charge is 0.493 e. The molecule has 26 heavy (non-hydrogen) atoms. The SMILES string of the molecule is COc1ccc(N2C[C@@H](NC(=O)Nc3ccccn3)CC2=O)cc1OC. The Morgan fingerprint density at radius 3 is 2.69 bits per heavy atom. The summed E-state index contributed by atoms with van der Waals surface area (Å²) in [5.41, 5.74) is 0.696. The molecule has 0 radical (unpaired) electrons. The zero-order chi connectivity index (χ0) is 18.5. The lowest BCUT2D eigenvalue weighted by Gasteiger charge is -2.19. The summed E-state index contributed by atoms with van der Waals surface area (Å²) in [5.74, 6) is 1.51. The maximum atomic E-state index is 12.3. The van der Waals surface area contributed by atoms with Crippen LogP contribution in [0, 0.1) is 0 Å². The Bertz CT molecular complexity index is 797. The fourth-order valence-corrected chi connectivity index (χ4v) is 2.82. The number of carbonyl (C=O) groups is 2. The minimum Gasteiger partial charge on any atom is -0.493 e. The highest BCUT2D eigenvalue weighted by atomic mass is 16.5. The number of carbonyl (C=O) groups excluding carboxylic acids is 2. The van der Waals surface area contributed by atoms with Crippen molar-refractivity contribution in [2.45, 2.75) is 12.5 Å². The van der Waals surface area contributed by atoms with Crippen LogP contribution in [-0.4, -0.2) is 43.7 Å². The van der Waals surface area contributed by atoms with Crippen molar-refractivity contribution in [1.29, 1.82) is 0 Å². The normalized spacial score (nSPS) is 16.3. The highest BCUT2D eigenvalue weighted by Crippen LogP contribution is 2.33. The number of aromatic nitrogens is 1. The number of nitrogens with one attached hydrogen (secondary N) is 2. The van der Waals surface area contributed by atoms with E-state index < -0.39 is 6.03 Å². The van der Waals surface area contributed by atoms with Crippen molar-refractivity contribution >= 4 is 23.4 Å². The molecule has 8 nitrogen and oxygen atoms in total. The van der Waals surface area contributed by atoms with Crippen LogP contribution in [0.15, 0.2) is 42.6 Å². The molecule has 1 atom stereocenters. The second-order valence-corrected chi connectivity index (χ2v) is 5.76. The summed E-state index contributed by atoms with van der Waals surface area (Å²) in [6.07, 6.45) is 1.82. The lowest BCUT2D eigenvalue weighted by Crippen LogP contribution is -2.39. The number of amides is 3. The number of methoxy groups -OCH3 is 2. The van der Waals surface area contributed by atoms with E-state index in [1.54, 1.807) is 61.7 Å². The maximum absolute atomic E-state index is 12.3. The smallest absolute Gasteiger partial charge is 0.320 e. The average molecular weight is 356 g/mol. The summed E-state index contributed by atoms with van der Waals surface area (Å²) in [5, 5.41) is 5.44. The number of pyridine rings is 1. The highest BCUT2D eigenvalue weighted by Gasteiger charge is 2.32. The third-order valence-corrected chi connectivity index (χ3v) is 4.05. The summed E-state index contributed by atoms with van der Waals surface area (Å²) in [6.45, 7) is 0.379. The van der Waals surface area contributed by atoms with Gasteiger partial charge in [-0.1, -0.05) is 6.07 Å². The predicted octanol–water partition coefficient (Wildman–Crippen LogP) is 2.03. The number of benzene rings is 1. The van der Waals surface area contributed by atoms with Gasteiger partial charge in [-0.05, 0) is 24.3 Å². The summed E-state index contributed by atoms with van der Waals surface area (Å²) >= 11 is 0. The van der Waals surface area contributed by atoms with Crippen LogP contribution in [0.1, 0.15) is 6.42 Å². The van der Waals surface area contributed by atoms with Gasteiger partial charge in [-0.2, -0.15) is 0 Å². The second kappa shape index (κ2) is 7.73. The first-order chi connectivity index (χ1) is 12.6. The molecule has 2 N–H and O–H groups in total. The van der Waals surface area contributed by atoms with Crippen LogP contribution in [0.2, 0.25) is 0 Å². The molecule has 3 rings (SSSR count). The molecule has 0 saturated carbocycles. The number of nitrogens with zero attached hydrogens (tertiary/aromatic N) is 2. The van der Waals surface area contributed by atoms with Gasteiger partial charge < -0.3 is 19.7 Å². The molecule has 3 amide bonds. The Labute approximate surface area is 151 Å². The fourth-order valence-electron chi connectivity index (χ4n) is 2.82. The van der Waals surface area contributed by atoms with Gasteiger partial charge in [-0.15, -0.1) is 0 Å². The van der Waals surface area contributed by atoms with Crippen molar-refractivity contribution in [2.75, 3.05) is 31.0 Å². The topological polar surface area (TPSA) is 92.8 Å². The van der Waals surface area contributed by atoms with Gasteiger partial charge in [0.1, 0.15) is 5.82 Å². The molecule has 1 saturated heterocycles. The number of hydrogen-bond acceptors (Lipinski definition) is 5. The molecule has 1 aliphatic rings. The van der Waals surface area contributed by atoms with E-state index in [4.69, 9.17) is 9.47 Å². The van der Waals surface area contributed by atoms with Gasteiger partial charge in [0.15, 0.2) is 11.5 Å². The van der Waals surface area contributed by atoms with E-state index in [2.05, 4.69) is 15.6 Å². The van der Waals surface area contributed by atoms with Crippen molar-refractivity contribution in [1.82, 2.24) is 10.3 Å². The van der Waals surface area contributed by atoms with Crippen LogP contribution < -0.4 is 25.0 Å². The van der Waals surface area contributed by atoms with Crippen molar-refractivity contribution in [3.8, 4) is 11.5 Å². The van der Waals surface area contributed by atoms with E-state index in [-0.39, 0.29) is 18.4 Å². The lowest BCUT2D eigenvalue weighted by molar-refractivity contribution is -0.117. The molecular formula is C18H20N4O4. The summed E-state index contributed by atoms with van der Waals surface area (Å²) in [7, 11) is 3.10. The van der Waals surface area contributed by atoms with Crippen molar-refractivity contribution in [3.05, 3.63) is 42.6 Å². The Hall–Kier alpha value is -3.29. The van der Waals surface area contributed by atoms with E-state index in [0.717, 1.165) is 0 Å². The molecule has 1 fully saturated rings. The van der Waals surface area contributed by atoms with Gasteiger partial charge in [0, 0.05) is 30.9 Å². The fraction of sp³-hybridized carbons (Fsp3) is 0.278. The molecule has 2 aromatic rings. The molecule has 0 aliphatic carbocycles. The Kier molecular flexibility index (Phi) is 5.21. The molecule has 136 valence electrons. The van der Waals surface area contributed by atoms with Crippen LogP contribution >= 0.6 is 0 Å². The van der Waals surface area contributed by atoms with Crippen molar-refractivity contribution in [2.24, 2.45) is 0 Å². The molecule has 1 aliphatic heterocycles. The van der Waals surface area contributed by atoms with Gasteiger partial charge in [0.2, 0.25) is 5.91 Å². The van der Waals surface area contributed by atoms with Gasteiger partial charge in [-0.25, -0.2) is 9.78 Å². The molecular weight excluding hydrogens is 336 g/mol. The highest BCUT2D eigenvalue weighted by molar-refractivity contribution is 5.97. The first kappa shape index (κ1) is 17.5. The third kappa shape index (κ3) is 3.85. The summed E-state index contributed by atoms with van der Waals surface area (Å²) < 4.78 is 10.5. The van der Waals surface area contributed by atoms with Gasteiger partial charge in [-0.3, -0.25) is 10.1 Å². The Morgan fingerprint density at radius 1 is 1.19 bits per heavy atom. The monoisotopic (exact) mass is 356 g/mol. The van der Waals surface area contributed by atoms with Gasteiger partial charge in [0.25, 0.3) is 0 Å². The maximum Gasteiger partial charge on any atom is 0.320 e. The minimum atomic E-state index is -0.393. The molecule has 2 heterocycles. The third-order valence-electron chi connectivity index (χ3n) is 4.05. The van der Waals surface area contributed by atoms with Crippen LogP contribution in [0.4, 0.5) is 16.3 Å². The Balaban J connectivity index is 1.64. The molecule has 0 bridgehead atoms. The van der Waals surface area contributed by atoms with E-state index in [1.807, 2.05) is 0 Å². The van der Waals surface area contributed by atoms with Crippen molar-refractivity contribution in [3.63, 3.8) is 0 Å². The van der Waals surface area contributed by atoms with Crippen LogP contribution in [0.25, 0.3) is 0 Å². The first-order valence-corrected chi connectivity index (χ1v) is 8.11. The van der Waals surface area contributed by atoms with E-state index in [0.29, 0.717) is 29.5 Å². The summed E-state index contributed by atoms with van der Waals surface area (Å²) in [6, 6.07) is 9.82. The zero-order valence-electron chi connectivity index (χ0n) is 14.6. The predicted molar refractivity (Wildman–Crippen MR) is 96.7 cm³/mol. The number of hydrogen-bond donors (Lipinski definition) is 2. The first-order valence-electron chi connectivity index (χ1n) is 8.11. The molecule has 0 unspecified atom stereocenters. The number of rotatable bonds is 5. The number of anilines is 2. The number of urea groups is 1. The van der Waals surface area contributed by atoms with E-state index >= 15 is 0 Å². The van der Waals surface area contributed by atoms with E-state index in [1.165, 1.54) is 0 Å². The van der Waals surface area contributed by atoms with Crippen LogP contribution in [0.5, 0.6) is 11.5 Å². The minimum absolute atomic E-state index is 0.0691. The van der Waals surface area contributed by atoms with Crippen LogP contribution in [0.3, 0.4) is 0 Å². The lowest BCUT2D eigenvalue weighted by atomic mass is 10.2. The number of ether oxygens (including phenoxy) is 2. The van der Waals surface area contributed by atoms with Crippen LogP contribution in [-0.2, 0) is 4.79 Å². The Morgan fingerprint density at radius 2 is 2.00 bits per heavy atom. The van der Waals surface area contributed by atoms with E-state index in [9.17, 15) is 9.59 Å². The average Bonchev–Trinajstić information content (AvgIpc) is 3.01. The van der Waals surface area contributed by atoms with Gasteiger partial charge in [0.05, 0.1) is 20.3 Å². The quantitative estimate of drug-likeness (QED) is 0.855. The molecule has 8 heteroatoms. The second-order valence-electron chi connectivity index (χ2n) is 5.76. The molecule has 1 aromatic heterocycles. The zero-order valence-corrected chi connectivity index (χ0v) is 14.6. The molecule has 0 spiro atoms. The standard InChI is InChI=1S/C18H20N4O4/c1-25-14-7-6-13(10-15(14)26-2)22-11-12(9-17(22)23)20-18(24)21-16-5-3-4-8-19-16/h3-8,10,12H,9,11H2,1-2H3,(H2,19,20,21,24)/t12-/m0/s1. The summed E-state index contributed by atoms with van der Waals surface area (Å²) in [4.78, 5) is 30.1. The van der Waals surface area contributed by atoms with Crippen molar-refractivity contribution < 1.29 is 19.1 Å².